The number of rotatable bonds is 5. The van der Waals surface area contributed by atoms with Gasteiger partial charge in [-0.15, -0.1) is 0 Å². The van der Waals surface area contributed by atoms with Crippen LogP contribution in [0.1, 0.15) is 42.3 Å². The number of hydrogen-bond donors (Lipinski definition) is 0. The molecular weight excluding hydrogens is 368 g/mol. The van der Waals surface area contributed by atoms with E-state index in [2.05, 4.69) is 36.7 Å². The lowest BCUT2D eigenvalue weighted by Crippen LogP contribution is -2.17. The van der Waals surface area contributed by atoms with Crippen LogP contribution in [-0.2, 0) is 10.2 Å². The second-order valence-corrected chi connectivity index (χ2v) is 7.80. The molecule has 1 aliphatic heterocycles. The van der Waals surface area contributed by atoms with Crippen LogP contribution in [0.3, 0.4) is 0 Å². The van der Waals surface area contributed by atoms with Crippen molar-refractivity contribution in [1.82, 2.24) is 0 Å². The smallest absolute Gasteiger partial charge is 0.194 e. The molecule has 0 aliphatic carbocycles. The van der Waals surface area contributed by atoms with E-state index in [0.29, 0.717) is 22.4 Å². The number of halogens is 1. The van der Waals surface area contributed by atoms with Crippen LogP contribution in [0.2, 0.25) is 0 Å². The summed E-state index contributed by atoms with van der Waals surface area (Å²) in [7, 11) is 0. The fourth-order valence-electron chi connectivity index (χ4n) is 2.62. The molecule has 0 saturated carbocycles. The molecule has 0 N–H and O–H groups in total. The minimum atomic E-state index is -0.101. The lowest BCUT2D eigenvalue weighted by Gasteiger charge is -2.22. The van der Waals surface area contributed by atoms with Gasteiger partial charge in [0.25, 0.3) is 0 Å². The largest absolute Gasteiger partial charge is 0.490 e. The molecule has 0 bridgehead atoms. The van der Waals surface area contributed by atoms with E-state index in [9.17, 15) is 4.79 Å². The van der Waals surface area contributed by atoms with Crippen molar-refractivity contribution >= 4 is 21.7 Å². The summed E-state index contributed by atoms with van der Waals surface area (Å²) >= 11 is 3.54. The van der Waals surface area contributed by atoms with Crippen LogP contribution in [-0.4, -0.2) is 25.1 Å². The molecule has 0 amide bonds. The summed E-state index contributed by atoms with van der Waals surface area (Å²) < 4.78 is 11.6. The maximum Gasteiger partial charge on any atom is 0.194 e. The quantitative estimate of drug-likeness (QED) is 0.547. The fraction of sp³-hybridized carbons (Fsp3) is 0.350. The van der Waals surface area contributed by atoms with Crippen molar-refractivity contribution in [1.29, 1.82) is 0 Å². The Morgan fingerprint density at radius 3 is 2.50 bits per heavy atom. The Hall–Kier alpha value is -1.65. The standard InChI is InChI=1S/C20H21BrO3/c1-20(2,3)16-9-5-4-7-14(16)19(22)15-8-6-10-17(18(15)21)24-12-13-11-23-13/h4-10,13H,11-12H2,1-3H3. The summed E-state index contributed by atoms with van der Waals surface area (Å²) in [6, 6.07) is 13.3. The van der Waals surface area contributed by atoms with Gasteiger partial charge in [-0.2, -0.15) is 0 Å². The third-order valence-electron chi connectivity index (χ3n) is 4.01. The van der Waals surface area contributed by atoms with E-state index < -0.39 is 0 Å². The Balaban J connectivity index is 1.94. The average molecular weight is 389 g/mol. The fourth-order valence-corrected chi connectivity index (χ4v) is 3.18. The second-order valence-electron chi connectivity index (χ2n) is 7.01. The van der Waals surface area contributed by atoms with Crippen molar-refractivity contribution in [2.24, 2.45) is 0 Å². The van der Waals surface area contributed by atoms with E-state index in [1.165, 1.54) is 0 Å². The highest BCUT2D eigenvalue weighted by Gasteiger charge is 2.26. The highest BCUT2D eigenvalue weighted by atomic mass is 79.9. The third kappa shape index (κ3) is 3.70. The molecule has 24 heavy (non-hydrogen) atoms. The van der Waals surface area contributed by atoms with Crippen LogP contribution in [0.15, 0.2) is 46.9 Å². The molecule has 4 heteroatoms. The Morgan fingerprint density at radius 2 is 1.83 bits per heavy atom. The summed E-state index contributed by atoms with van der Waals surface area (Å²) in [6.07, 6.45) is 0.179. The molecule has 126 valence electrons. The minimum absolute atomic E-state index is 0.000483. The van der Waals surface area contributed by atoms with Gasteiger partial charge in [0, 0.05) is 11.1 Å². The lowest BCUT2D eigenvalue weighted by atomic mass is 9.82. The summed E-state index contributed by atoms with van der Waals surface area (Å²) in [4.78, 5) is 13.1. The van der Waals surface area contributed by atoms with E-state index in [4.69, 9.17) is 9.47 Å². The first-order valence-corrected chi connectivity index (χ1v) is 8.84. The molecule has 0 spiro atoms. The van der Waals surface area contributed by atoms with Gasteiger partial charge in [0.1, 0.15) is 18.5 Å². The molecule has 0 radical (unpaired) electrons. The van der Waals surface area contributed by atoms with Crippen LogP contribution in [0, 0.1) is 0 Å². The van der Waals surface area contributed by atoms with Crippen molar-refractivity contribution < 1.29 is 14.3 Å². The Kier molecular flexibility index (Phi) is 4.79. The second kappa shape index (κ2) is 6.69. The van der Waals surface area contributed by atoms with Gasteiger partial charge in [-0.1, -0.05) is 51.1 Å². The number of epoxide rings is 1. The summed E-state index contributed by atoms with van der Waals surface area (Å²) in [6.45, 7) is 7.60. The van der Waals surface area contributed by atoms with Crippen LogP contribution in [0.5, 0.6) is 5.75 Å². The third-order valence-corrected chi connectivity index (χ3v) is 4.83. The highest BCUT2D eigenvalue weighted by Crippen LogP contribution is 2.33. The summed E-state index contributed by atoms with van der Waals surface area (Å²) in [5.74, 6) is 0.671. The predicted molar refractivity (Wildman–Crippen MR) is 98.0 cm³/mol. The molecule has 1 unspecified atom stereocenters. The number of carbonyl (C=O) groups excluding carboxylic acids is 1. The van der Waals surface area contributed by atoms with Gasteiger partial charge >= 0.3 is 0 Å². The monoisotopic (exact) mass is 388 g/mol. The van der Waals surface area contributed by atoms with Crippen LogP contribution < -0.4 is 4.74 Å². The van der Waals surface area contributed by atoms with Crippen molar-refractivity contribution in [3.05, 3.63) is 63.6 Å². The van der Waals surface area contributed by atoms with Gasteiger partial charge in [0.05, 0.1) is 11.1 Å². The zero-order valence-electron chi connectivity index (χ0n) is 14.1. The van der Waals surface area contributed by atoms with E-state index in [1.807, 2.05) is 42.5 Å². The van der Waals surface area contributed by atoms with E-state index in [1.54, 1.807) is 0 Å². The molecule has 3 rings (SSSR count). The first kappa shape index (κ1) is 17.2. The van der Waals surface area contributed by atoms with Crippen LogP contribution in [0.25, 0.3) is 0 Å². The zero-order chi connectivity index (χ0) is 17.3. The number of carbonyl (C=O) groups is 1. The van der Waals surface area contributed by atoms with Gasteiger partial charge in [0.15, 0.2) is 5.78 Å². The Bertz CT molecular complexity index is 758. The number of benzene rings is 2. The average Bonchev–Trinajstić information content (AvgIpc) is 3.37. The van der Waals surface area contributed by atoms with Gasteiger partial charge in [-0.3, -0.25) is 4.79 Å². The highest BCUT2D eigenvalue weighted by molar-refractivity contribution is 9.10. The van der Waals surface area contributed by atoms with Crippen LogP contribution in [0.4, 0.5) is 0 Å². The van der Waals surface area contributed by atoms with E-state index in [-0.39, 0.29) is 17.3 Å². The van der Waals surface area contributed by atoms with Gasteiger partial charge in [-0.25, -0.2) is 0 Å². The minimum Gasteiger partial charge on any atom is -0.490 e. The maximum atomic E-state index is 13.1. The Morgan fingerprint density at radius 1 is 1.17 bits per heavy atom. The Labute approximate surface area is 151 Å². The molecule has 1 saturated heterocycles. The van der Waals surface area contributed by atoms with E-state index in [0.717, 1.165) is 17.7 Å². The molecule has 1 atom stereocenters. The molecule has 1 fully saturated rings. The molecule has 0 aromatic heterocycles. The van der Waals surface area contributed by atoms with Crippen molar-refractivity contribution in [2.75, 3.05) is 13.2 Å². The zero-order valence-corrected chi connectivity index (χ0v) is 15.7. The summed E-state index contributed by atoms with van der Waals surface area (Å²) in [5, 5.41) is 0. The normalized spacial score (nSPS) is 16.8. The molecule has 1 aliphatic rings. The first-order valence-electron chi connectivity index (χ1n) is 8.05. The molecular formula is C20H21BrO3. The predicted octanol–water partition coefficient (Wildman–Crippen LogP) is 4.76. The lowest BCUT2D eigenvalue weighted by molar-refractivity contribution is 0.103. The molecule has 2 aromatic carbocycles. The van der Waals surface area contributed by atoms with Crippen molar-refractivity contribution in [3.8, 4) is 5.75 Å². The number of hydrogen-bond acceptors (Lipinski definition) is 3. The van der Waals surface area contributed by atoms with Crippen molar-refractivity contribution in [3.63, 3.8) is 0 Å². The molecule has 3 nitrogen and oxygen atoms in total. The molecule has 2 aromatic rings. The van der Waals surface area contributed by atoms with Gasteiger partial charge in [-0.05, 0) is 39.0 Å². The first-order chi connectivity index (χ1) is 11.4. The van der Waals surface area contributed by atoms with Crippen LogP contribution >= 0.6 is 15.9 Å². The summed E-state index contributed by atoms with van der Waals surface area (Å²) in [5.41, 5.74) is 2.28. The topological polar surface area (TPSA) is 38.8 Å². The van der Waals surface area contributed by atoms with Crippen molar-refractivity contribution in [2.45, 2.75) is 32.3 Å². The number of ether oxygens (including phenoxy) is 2. The van der Waals surface area contributed by atoms with Gasteiger partial charge in [0.2, 0.25) is 0 Å². The number of ketones is 1. The maximum absolute atomic E-state index is 13.1. The molecule has 1 heterocycles. The SMILES string of the molecule is CC(C)(C)c1ccccc1C(=O)c1cccc(OCC2CO2)c1Br. The van der Waals surface area contributed by atoms with E-state index >= 15 is 0 Å². The van der Waals surface area contributed by atoms with Gasteiger partial charge < -0.3 is 9.47 Å².